The quantitative estimate of drug-likeness (QED) is 0.888. The number of carbonyl (C=O) groups excluding carboxylic acids is 1. The van der Waals surface area contributed by atoms with Gasteiger partial charge in [0.2, 0.25) is 5.91 Å². The predicted molar refractivity (Wildman–Crippen MR) is 81.0 cm³/mol. The van der Waals surface area contributed by atoms with Crippen molar-refractivity contribution >= 4 is 5.91 Å². The van der Waals surface area contributed by atoms with E-state index >= 15 is 0 Å². The predicted octanol–water partition coefficient (Wildman–Crippen LogP) is 0.678. The van der Waals surface area contributed by atoms with Crippen LogP contribution in [-0.4, -0.2) is 51.9 Å². The molecule has 0 spiro atoms. The molecule has 1 saturated carbocycles. The van der Waals surface area contributed by atoms with Crippen molar-refractivity contribution < 1.29 is 9.53 Å². The van der Waals surface area contributed by atoms with Gasteiger partial charge in [0, 0.05) is 50.6 Å². The topological polar surface area (TPSA) is 59.4 Å². The summed E-state index contributed by atoms with van der Waals surface area (Å²) in [6, 6.07) is 0.881. The number of nitrogens with one attached hydrogen (secondary N) is 1. The van der Waals surface area contributed by atoms with Crippen LogP contribution in [0, 0.1) is 5.92 Å². The molecule has 120 valence electrons. The third-order valence-electron chi connectivity index (χ3n) is 5.05. The molecule has 6 heteroatoms. The molecule has 1 N–H and O–H groups in total. The standard InChI is InChI=1S/C16H24N4O2/c1-19-8-11(7-17-19)9-20-10-12(16(21)18-13-2-3-13)6-15-14(20)4-5-22-15/h7-8,12-15H,2-6,9-10H2,1H3,(H,18,21)/t12-,14+,15+/m0/s1. The minimum Gasteiger partial charge on any atom is -0.377 e. The van der Waals surface area contributed by atoms with E-state index in [1.807, 2.05) is 17.9 Å². The molecule has 22 heavy (non-hydrogen) atoms. The lowest BCUT2D eigenvalue weighted by Crippen LogP contribution is -2.52. The Morgan fingerprint density at radius 2 is 2.32 bits per heavy atom. The van der Waals surface area contributed by atoms with Crippen LogP contribution < -0.4 is 5.32 Å². The number of likely N-dealkylation sites (tertiary alicyclic amines) is 1. The van der Waals surface area contributed by atoms with Crippen LogP contribution in [0.4, 0.5) is 0 Å². The van der Waals surface area contributed by atoms with Crippen LogP contribution >= 0.6 is 0 Å². The lowest BCUT2D eigenvalue weighted by Gasteiger charge is -2.40. The number of nitrogens with zero attached hydrogens (tertiary/aromatic N) is 3. The average Bonchev–Trinajstić information content (AvgIpc) is 3.01. The number of ether oxygens (including phenoxy) is 1. The Morgan fingerprint density at radius 1 is 1.45 bits per heavy atom. The maximum absolute atomic E-state index is 12.4. The van der Waals surface area contributed by atoms with Crippen molar-refractivity contribution in [1.82, 2.24) is 20.0 Å². The van der Waals surface area contributed by atoms with Crippen LogP contribution in [0.25, 0.3) is 0 Å². The van der Waals surface area contributed by atoms with Crippen molar-refractivity contribution in [2.75, 3.05) is 13.2 Å². The van der Waals surface area contributed by atoms with Crippen LogP contribution in [0.5, 0.6) is 0 Å². The Balaban J connectivity index is 1.46. The minimum absolute atomic E-state index is 0.0524. The van der Waals surface area contributed by atoms with Gasteiger partial charge < -0.3 is 10.1 Å². The van der Waals surface area contributed by atoms with E-state index < -0.39 is 0 Å². The van der Waals surface area contributed by atoms with E-state index in [1.54, 1.807) is 0 Å². The van der Waals surface area contributed by atoms with Gasteiger partial charge in [0.25, 0.3) is 0 Å². The molecule has 2 saturated heterocycles. The number of fused-ring (bicyclic) bond motifs is 1. The van der Waals surface area contributed by atoms with Gasteiger partial charge in [-0.05, 0) is 25.7 Å². The summed E-state index contributed by atoms with van der Waals surface area (Å²) in [6.45, 7) is 2.50. The summed E-state index contributed by atoms with van der Waals surface area (Å²) in [5.41, 5.74) is 1.21. The second kappa shape index (κ2) is 5.66. The Morgan fingerprint density at radius 3 is 3.05 bits per heavy atom. The highest BCUT2D eigenvalue weighted by Gasteiger charge is 2.42. The van der Waals surface area contributed by atoms with Crippen molar-refractivity contribution in [2.24, 2.45) is 13.0 Å². The summed E-state index contributed by atoms with van der Waals surface area (Å²) in [4.78, 5) is 14.9. The van der Waals surface area contributed by atoms with Gasteiger partial charge in [-0.15, -0.1) is 0 Å². The fraction of sp³-hybridized carbons (Fsp3) is 0.750. The number of hydrogen-bond acceptors (Lipinski definition) is 4. The Kier molecular flexibility index (Phi) is 3.66. The van der Waals surface area contributed by atoms with Crippen molar-refractivity contribution in [1.29, 1.82) is 0 Å². The first kappa shape index (κ1) is 14.2. The molecule has 3 heterocycles. The van der Waals surface area contributed by atoms with E-state index in [0.717, 1.165) is 45.4 Å². The van der Waals surface area contributed by atoms with Crippen LogP contribution in [0.1, 0.15) is 31.2 Å². The van der Waals surface area contributed by atoms with Gasteiger partial charge in [-0.1, -0.05) is 0 Å². The van der Waals surface area contributed by atoms with E-state index in [4.69, 9.17) is 4.74 Å². The van der Waals surface area contributed by atoms with Crippen molar-refractivity contribution in [3.8, 4) is 0 Å². The van der Waals surface area contributed by atoms with E-state index in [2.05, 4.69) is 21.5 Å². The molecule has 0 aromatic carbocycles. The van der Waals surface area contributed by atoms with E-state index in [-0.39, 0.29) is 17.9 Å². The van der Waals surface area contributed by atoms with Crippen molar-refractivity contribution in [2.45, 2.75) is 50.4 Å². The van der Waals surface area contributed by atoms with Crippen LogP contribution in [-0.2, 0) is 23.1 Å². The van der Waals surface area contributed by atoms with Gasteiger partial charge in [0.05, 0.1) is 18.2 Å². The largest absolute Gasteiger partial charge is 0.377 e. The Hall–Kier alpha value is -1.40. The number of aryl methyl sites for hydroxylation is 1. The van der Waals surface area contributed by atoms with Crippen molar-refractivity contribution in [3.05, 3.63) is 18.0 Å². The third kappa shape index (κ3) is 2.90. The van der Waals surface area contributed by atoms with Gasteiger partial charge in [-0.3, -0.25) is 14.4 Å². The fourth-order valence-electron chi connectivity index (χ4n) is 3.76. The minimum atomic E-state index is 0.0524. The molecule has 3 aliphatic rings. The summed E-state index contributed by atoms with van der Waals surface area (Å²) in [5.74, 6) is 0.268. The molecule has 1 aromatic heterocycles. The third-order valence-corrected chi connectivity index (χ3v) is 5.05. The monoisotopic (exact) mass is 304 g/mol. The summed E-state index contributed by atoms with van der Waals surface area (Å²) in [7, 11) is 1.94. The van der Waals surface area contributed by atoms with Gasteiger partial charge in [-0.2, -0.15) is 5.10 Å². The summed E-state index contributed by atoms with van der Waals surface area (Å²) >= 11 is 0. The zero-order valence-corrected chi connectivity index (χ0v) is 13.1. The summed E-state index contributed by atoms with van der Waals surface area (Å²) < 4.78 is 7.72. The zero-order valence-electron chi connectivity index (χ0n) is 13.1. The summed E-state index contributed by atoms with van der Waals surface area (Å²) in [5, 5.41) is 7.40. The highest BCUT2D eigenvalue weighted by molar-refractivity contribution is 5.79. The maximum Gasteiger partial charge on any atom is 0.224 e. The molecule has 4 rings (SSSR count). The van der Waals surface area contributed by atoms with Gasteiger partial charge in [0.15, 0.2) is 0 Å². The van der Waals surface area contributed by atoms with Gasteiger partial charge >= 0.3 is 0 Å². The first-order chi connectivity index (χ1) is 10.7. The molecular formula is C16H24N4O2. The molecule has 0 bridgehead atoms. The van der Waals surface area contributed by atoms with Crippen LogP contribution in [0.2, 0.25) is 0 Å². The summed E-state index contributed by atoms with van der Waals surface area (Å²) in [6.07, 6.45) is 8.40. The fourth-order valence-corrected chi connectivity index (χ4v) is 3.76. The van der Waals surface area contributed by atoms with E-state index in [9.17, 15) is 4.79 Å². The second-order valence-corrected chi connectivity index (χ2v) is 6.93. The first-order valence-electron chi connectivity index (χ1n) is 8.32. The average molecular weight is 304 g/mol. The molecule has 0 unspecified atom stereocenters. The number of hydrogen-bond donors (Lipinski definition) is 1. The molecular weight excluding hydrogens is 280 g/mol. The van der Waals surface area contributed by atoms with Crippen LogP contribution in [0.15, 0.2) is 12.4 Å². The maximum atomic E-state index is 12.4. The van der Waals surface area contributed by atoms with Gasteiger partial charge in [0.1, 0.15) is 0 Å². The normalized spacial score (nSPS) is 32.0. The van der Waals surface area contributed by atoms with E-state index in [0.29, 0.717) is 12.1 Å². The molecule has 0 radical (unpaired) electrons. The lowest BCUT2D eigenvalue weighted by molar-refractivity contribution is -0.129. The number of aromatic nitrogens is 2. The van der Waals surface area contributed by atoms with Gasteiger partial charge in [-0.25, -0.2) is 0 Å². The Labute approximate surface area is 130 Å². The number of amides is 1. The SMILES string of the molecule is Cn1cc(CN2C[C@@H](C(=O)NC3CC3)C[C@H]3OCC[C@H]32)cn1. The first-order valence-corrected chi connectivity index (χ1v) is 8.32. The molecule has 1 amide bonds. The van der Waals surface area contributed by atoms with Crippen molar-refractivity contribution in [3.63, 3.8) is 0 Å². The number of piperidine rings is 1. The number of carbonyl (C=O) groups is 1. The second-order valence-electron chi connectivity index (χ2n) is 6.93. The van der Waals surface area contributed by atoms with Crippen LogP contribution in [0.3, 0.4) is 0 Å². The molecule has 6 nitrogen and oxygen atoms in total. The lowest BCUT2D eigenvalue weighted by atomic mass is 9.89. The molecule has 3 atom stereocenters. The highest BCUT2D eigenvalue weighted by atomic mass is 16.5. The smallest absolute Gasteiger partial charge is 0.224 e. The molecule has 1 aromatic rings. The Bertz CT molecular complexity index is 554. The molecule has 3 fully saturated rings. The molecule has 1 aliphatic carbocycles. The van der Waals surface area contributed by atoms with E-state index in [1.165, 1.54) is 5.56 Å². The highest BCUT2D eigenvalue weighted by Crippen LogP contribution is 2.33. The zero-order chi connectivity index (χ0) is 15.1. The molecule has 2 aliphatic heterocycles. The number of rotatable bonds is 4.